The number of ketones is 1. The highest BCUT2D eigenvalue weighted by molar-refractivity contribution is 6.04. The molecule has 4 rings (SSSR count). The van der Waals surface area contributed by atoms with Crippen LogP contribution in [0.4, 0.5) is 5.69 Å². The van der Waals surface area contributed by atoms with Crippen LogP contribution in [0.15, 0.2) is 97.1 Å². The van der Waals surface area contributed by atoms with E-state index in [2.05, 4.69) is 5.32 Å². The van der Waals surface area contributed by atoms with Crippen LogP contribution in [-0.2, 0) is 14.3 Å². The number of ether oxygens (including phenoxy) is 3. The van der Waals surface area contributed by atoms with Gasteiger partial charge in [-0.05, 0) is 67.8 Å². The molecule has 0 spiro atoms. The summed E-state index contributed by atoms with van der Waals surface area (Å²) in [5.74, 6) is -0.119. The first-order valence-corrected chi connectivity index (χ1v) is 14.4. The highest BCUT2D eigenvalue weighted by atomic mass is 16.5. The molecule has 3 N–H and O–H groups in total. The molecule has 3 aromatic rings. The first-order valence-electron chi connectivity index (χ1n) is 14.4. The van der Waals surface area contributed by atoms with Crippen LogP contribution in [0.2, 0.25) is 0 Å². The Balaban J connectivity index is 1.12. The van der Waals surface area contributed by atoms with Gasteiger partial charge in [0.15, 0.2) is 0 Å². The molecule has 3 aromatic carbocycles. The maximum absolute atomic E-state index is 12.4. The highest BCUT2D eigenvalue weighted by Crippen LogP contribution is 2.30. The Labute approximate surface area is 251 Å². The SMILES string of the molecule is O=C(CC/C=C\CC[C@H]1C(=O)C[C@@H](O)[C@@H]1OC[C@@H](O)COc1ccccc1)Oc1ccc(NC(=O)c2ccccc2)cc1. The number of amides is 1. The molecule has 1 aliphatic rings. The van der Waals surface area contributed by atoms with Crippen LogP contribution < -0.4 is 14.8 Å². The van der Waals surface area contributed by atoms with E-state index in [0.29, 0.717) is 42.0 Å². The number of nitrogens with one attached hydrogen (secondary N) is 1. The summed E-state index contributed by atoms with van der Waals surface area (Å²) in [5, 5.41) is 23.3. The molecule has 1 amide bonds. The Kier molecular flexibility index (Phi) is 12.0. The number of carbonyl (C=O) groups is 3. The van der Waals surface area contributed by atoms with Crippen molar-refractivity contribution in [1.82, 2.24) is 0 Å². The van der Waals surface area contributed by atoms with E-state index >= 15 is 0 Å². The van der Waals surface area contributed by atoms with Gasteiger partial charge < -0.3 is 29.7 Å². The number of anilines is 1. The molecule has 43 heavy (non-hydrogen) atoms. The number of allylic oxidation sites excluding steroid dienone is 2. The molecular formula is C34H37NO8. The van der Waals surface area contributed by atoms with Gasteiger partial charge in [-0.3, -0.25) is 14.4 Å². The lowest BCUT2D eigenvalue weighted by atomic mass is 9.98. The minimum absolute atomic E-state index is 0.0296. The van der Waals surface area contributed by atoms with Gasteiger partial charge in [-0.25, -0.2) is 0 Å². The quantitative estimate of drug-likeness (QED) is 0.132. The van der Waals surface area contributed by atoms with Crippen molar-refractivity contribution in [3.8, 4) is 11.5 Å². The van der Waals surface area contributed by atoms with Crippen LogP contribution in [-0.4, -0.2) is 59.4 Å². The summed E-state index contributed by atoms with van der Waals surface area (Å²) in [5.41, 5.74) is 1.14. The second kappa shape index (κ2) is 16.4. The average Bonchev–Trinajstić information content (AvgIpc) is 3.29. The first-order chi connectivity index (χ1) is 20.9. The number of benzene rings is 3. The van der Waals surface area contributed by atoms with Gasteiger partial charge in [0.25, 0.3) is 5.91 Å². The van der Waals surface area contributed by atoms with Crippen molar-refractivity contribution in [3.05, 3.63) is 103 Å². The van der Waals surface area contributed by atoms with Gasteiger partial charge in [-0.1, -0.05) is 48.6 Å². The molecule has 9 heteroatoms. The Hall–Kier alpha value is -4.31. The van der Waals surface area contributed by atoms with Gasteiger partial charge in [-0.15, -0.1) is 0 Å². The molecule has 1 aliphatic carbocycles. The van der Waals surface area contributed by atoms with Gasteiger partial charge in [0, 0.05) is 30.0 Å². The number of rotatable bonds is 15. The van der Waals surface area contributed by atoms with Gasteiger partial charge in [0.05, 0.1) is 18.8 Å². The number of Topliss-reactive ketones (excluding diaryl/α,β-unsaturated/α-hetero) is 1. The predicted molar refractivity (Wildman–Crippen MR) is 161 cm³/mol. The normalized spacial score (nSPS) is 18.8. The lowest BCUT2D eigenvalue weighted by Crippen LogP contribution is -2.34. The maximum atomic E-state index is 12.4. The van der Waals surface area contributed by atoms with Gasteiger partial charge in [0.2, 0.25) is 0 Å². The van der Waals surface area contributed by atoms with E-state index in [9.17, 15) is 24.6 Å². The number of hydrogen-bond donors (Lipinski definition) is 3. The van der Waals surface area contributed by atoms with E-state index in [4.69, 9.17) is 14.2 Å². The summed E-state index contributed by atoms with van der Waals surface area (Å²) >= 11 is 0. The van der Waals surface area contributed by atoms with Crippen molar-refractivity contribution >= 4 is 23.3 Å². The standard InChI is InChI=1S/C34H37NO8/c36-26(22-41-27-13-7-4-8-14-27)23-42-33-29(30(37)21-31(33)38)15-9-1-2-10-16-32(39)43-28-19-17-25(18-20-28)35-34(40)24-11-5-3-6-12-24/h1-8,11-14,17-20,26,29,31,33,36,38H,9-10,15-16,21-23H2,(H,35,40)/b2-1-/t26-,29-,31+,33+/m0/s1. The van der Waals surface area contributed by atoms with Crippen LogP contribution in [0.25, 0.3) is 0 Å². The Morgan fingerprint density at radius 1 is 0.884 bits per heavy atom. The fourth-order valence-corrected chi connectivity index (χ4v) is 4.75. The molecule has 0 heterocycles. The smallest absolute Gasteiger partial charge is 0.311 e. The molecular weight excluding hydrogens is 550 g/mol. The van der Waals surface area contributed by atoms with Crippen LogP contribution in [0, 0.1) is 5.92 Å². The molecule has 0 saturated heterocycles. The molecule has 1 fully saturated rings. The third-order valence-corrected chi connectivity index (χ3v) is 6.97. The molecule has 0 unspecified atom stereocenters. The average molecular weight is 588 g/mol. The molecule has 4 atom stereocenters. The van der Waals surface area contributed by atoms with Crippen LogP contribution in [0.5, 0.6) is 11.5 Å². The van der Waals surface area contributed by atoms with E-state index in [-0.39, 0.29) is 43.7 Å². The summed E-state index contributed by atoms with van der Waals surface area (Å²) in [6, 6.07) is 24.6. The van der Waals surface area contributed by atoms with Gasteiger partial charge in [0.1, 0.15) is 30.0 Å². The minimum Gasteiger partial charge on any atom is -0.491 e. The Morgan fingerprint density at radius 3 is 2.28 bits per heavy atom. The monoisotopic (exact) mass is 587 g/mol. The number of carbonyl (C=O) groups excluding carboxylic acids is 3. The van der Waals surface area contributed by atoms with E-state index in [1.54, 1.807) is 60.7 Å². The fraction of sp³-hybridized carbons (Fsp3) is 0.324. The van der Waals surface area contributed by atoms with Gasteiger partial charge >= 0.3 is 5.97 Å². The molecule has 226 valence electrons. The third kappa shape index (κ3) is 10.2. The summed E-state index contributed by atoms with van der Waals surface area (Å²) < 4.78 is 16.7. The number of aliphatic hydroxyl groups excluding tert-OH is 2. The number of aliphatic hydroxyl groups is 2. The number of hydrogen-bond acceptors (Lipinski definition) is 8. The Morgan fingerprint density at radius 2 is 1.56 bits per heavy atom. The predicted octanol–water partition coefficient (Wildman–Crippen LogP) is 4.74. The zero-order chi connectivity index (χ0) is 30.4. The second-order valence-corrected chi connectivity index (χ2v) is 10.3. The van der Waals surface area contributed by atoms with Crippen molar-refractivity contribution in [2.45, 2.75) is 50.4 Å². The lowest BCUT2D eigenvalue weighted by Gasteiger charge is -2.23. The summed E-state index contributed by atoms with van der Waals surface area (Å²) in [6.07, 6.45) is 3.02. The molecule has 9 nitrogen and oxygen atoms in total. The first kappa shape index (κ1) is 31.6. The zero-order valence-electron chi connectivity index (χ0n) is 23.8. The highest BCUT2D eigenvalue weighted by Gasteiger charge is 2.42. The number of para-hydroxylation sites is 1. The molecule has 0 bridgehead atoms. The zero-order valence-corrected chi connectivity index (χ0v) is 23.8. The summed E-state index contributed by atoms with van der Waals surface area (Å²) in [4.78, 5) is 36.9. The van der Waals surface area contributed by atoms with Crippen molar-refractivity contribution in [2.24, 2.45) is 5.92 Å². The number of esters is 1. The van der Waals surface area contributed by atoms with E-state index < -0.39 is 24.2 Å². The second-order valence-electron chi connectivity index (χ2n) is 10.3. The van der Waals surface area contributed by atoms with Crippen molar-refractivity contribution in [3.63, 3.8) is 0 Å². The summed E-state index contributed by atoms with van der Waals surface area (Å²) in [7, 11) is 0. The van der Waals surface area contributed by atoms with Crippen LogP contribution >= 0.6 is 0 Å². The Bertz CT molecular complexity index is 1340. The van der Waals surface area contributed by atoms with E-state index in [0.717, 1.165) is 0 Å². The van der Waals surface area contributed by atoms with Gasteiger partial charge in [-0.2, -0.15) is 0 Å². The third-order valence-electron chi connectivity index (χ3n) is 6.97. The lowest BCUT2D eigenvalue weighted by molar-refractivity contribution is -0.134. The minimum atomic E-state index is -0.910. The molecule has 1 saturated carbocycles. The van der Waals surface area contributed by atoms with Crippen molar-refractivity contribution < 1.29 is 38.8 Å². The topological polar surface area (TPSA) is 131 Å². The molecule has 0 aromatic heterocycles. The van der Waals surface area contributed by atoms with Crippen molar-refractivity contribution in [2.75, 3.05) is 18.5 Å². The maximum Gasteiger partial charge on any atom is 0.311 e. The van der Waals surface area contributed by atoms with Crippen molar-refractivity contribution in [1.29, 1.82) is 0 Å². The largest absolute Gasteiger partial charge is 0.491 e. The van der Waals surface area contributed by atoms with E-state index in [1.165, 1.54) is 0 Å². The molecule has 0 radical (unpaired) electrons. The van der Waals surface area contributed by atoms with Crippen LogP contribution in [0.3, 0.4) is 0 Å². The fourth-order valence-electron chi connectivity index (χ4n) is 4.75. The van der Waals surface area contributed by atoms with E-state index in [1.807, 2.05) is 36.4 Å². The van der Waals surface area contributed by atoms with Crippen LogP contribution in [0.1, 0.15) is 42.5 Å². The molecule has 0 aliphatic heterocycles. The summed E-state index contributed by atoms with van der Waals surface area (Å²) in [6.45, 7) is -0.0176.